The molecule has 0 radical (unpaired) electrons. The number of carboxylic acid groups (broad SMARTS) is 1. The van der Waals surface area contributed by atoms with E-state index in [1.165, 1.54) is 4.90 Å². The van der Waals surface area contributed by atoms with E-state index in [9.17, 15) is 9.59 Å². The van der Waals surface area contributed by atoms with Crippen LogP contribution in [0.5, 0.6) is 0 Å². The van der Waals surface area contributed by atoms with E-state index >= 15 is 0 Å². The highest BCUT2D eigenvalue weighted by Gasteiger charge is 2.29. The third-order valence-corrected chi connectivity index (χ3v) is 2.97. The van der Waals surface area contributed by atoms with Gasteiger partial charge in [-0.15, -0.1) is 0 Å². The molecule has 0 saturated carbocycles. The molecule has 0 unspecified atom stereocenters. The first-order chi connectivity index (χ1) is 8.62. The third kappa shape index (κ3) is 3.81. The van der Waals surface area contributed by atoms with Crippen molar-refractivity contribution in [1.82, 2.24) is 4.90 Å². The van der Waals surface area contributed by atoms with Crippen LogP contribution in [0.1, 0.15) is 42.3 Å². The molecule has 0 heterocycles. The van der Waals surface area contributed by atoms with Crippen LogP contribution in [0, 0.1) is 13.8 Å². The molecule has 0 atom stereocenters. The fourth-order valence-electron chi connectivity index (χ4n) is 1.86. The highest BCUT2D eigenvalue weighted by Crippen LogP contribution is 2.20. The van der Waals surface area contributed by atoms with Crippen LogP contribution in [0.3, 0.4) is 0 Å². The van der Waals surface area contributed by atoms with Crippen molar-refractivity contribution in [2.45, 2.75) is 40.2 Å². The highest BCUT2D eigenvalue weighted by atomic mass is 16.4. The lowest BCUT2D eigenvalue weighted by Gasteiger charge is -2.34. The zero-order valence-electron chi connectivity index (χ0n) is 12.2. The lowest BCUT2D eigenvalue weighted by atomic mass is 10.00. The minimum atomic E-state index is -1.01. The largest absolute Gasteiger partial charge is 0.480 e. The van der Waals surface area contributed by atoms with Gasteiger partial charge in [0.05, 0.1) is 0 Å². The lowest BCUT2D eigenvalue weighted by Crippen LogP contribution is -2.48. The summed E-state index contributed by atoms with van der Waals surface area (Å²) in [7, 11) is 0. The third-order valence-electron chi connectivity index (χ3n) is 2.97. The summed E-state index contributed by atoms with van der Waals surface area (Å²) in [5, 5.41) is 8.97. The van der Waals surface area contributed by atoms with Gasteiger partial charge in [-0.3, -0.25) is 9.59 Å². The van der Waals surface area contributed by atoms with E-state index in [0.717, 1.165) is 11.1 Å². The summed E-state index contributed by atoms with van der Waals surface area (Å²) >= 11 is 0. The molecule has 0 bridgehead atoms. The van der Waals surface area contributed by atoms with Crippen LogP contribution < -0.4 is 0 Å². The summed E-state index contributed by atoms with van der Waals surface area (Å²) in [6, 6.07) is 5.62. The molecule has 0 aliphatic carbocycles. The molecule has 0 aliphatic rings. The molecule has 19 heavy (non-hydrogen) atoms. The van der Waals surface area contributed by atoms with Gasteiger partial charge in [0.25, 0.3) is 5.91 Å². The molecule has 0 saturated heterocycles. The number of aliphatic carboxylic acids is 1. The van der Waals surface area contributed by atoms with Gasteiger partial charge >= 0.3 is 5.97 Å². The number of rotatable bonds is 3. The second-order valence-corrected chi connectivity index (χ2v) is 5.77. The molecular weight excluding hydrogens is 242 g/mol. The smallest absolute Gasteiger partial charge is 0.323 e. The van der Waals surface area contributed by atoms with Gasteiger partial charge in [-0.1, -0.05) is 17.7 Å². The van der Waals surface area contributed by atoms with Crippen LogP contribution >= 0.6 is 0 Å². The van der Waals surface area contributed by atoms with Gasteiger partial charge in [0.1, 0.15) is 6.54 Å². The quantitative estimate of drug-likeness (QED) is 0.912. The van der Waals surface area contributed by atoms with E-state index in [4.69, 9.17) is 5.11 Å². The highest BCUT2D eigenvalue weighted by molar-refractivity contribution is 5.97. The van der Waals surface area contributed by atoms with Crippen LogP contribution in [0.15, 0.2) is 18.2 Å². The summed E-state index contributed by atoms with van der Waals surface area (Å²) in [6.07, 6.45) is 0. The van der Waals surface area contributed by atoms with Gasteiger partial charge in [-0.25, -0.2) is 0 Å². The van der Waals surface area contributed by atoms with Crippen molar-refractivity contribution in [3.63, 3.8) is 0 Å². The lowest BCUT2D eigenvalue weighted by molar-refractivity contribution is -0.138. The van der Waals surface area contributed by atoms with Crippen LogP contribution in [0.25, 0.3) is 0 Å². The first-order valence-corrected chi connectivity index (χ1v) is 6.24. The first kappa shape index (κ1) is 15.2. The van der Waals surface area contributed by atoms with Crippen molar-refractivity contribution in [3.8, 4) is 0 Å². The molecule has 0 aliphatic heterocycles. The molecule has 0 fully saturated rings. The maximum atomic E-state index is 12.6. The van der Waals surface area contributed by atoms with Crippen LogP contribution in [0.2, 0.25) is 0 Å². The standard InChI is InChI=1S/C15H21NO3/c1-10-6-7-11(2)12(8-10)14(19)16(9-13(17)18)15(3,4)5/h6-8H,9H2,1-5H3,(H,17,18). The maximum absolute atomic E-state index is 12.6. The van der Waals surface area contributed by atoms with Gasteiger partial charge in [-0.05, 0) is 46.2 Å². The summed E-state index contributed by atoms with van der Waals surface area (Å²) in [5.74, 6) is -1.25. The van der Waals surface area contributed by atoms with Gasteiger partial charge in [-0.2, -0.15) is 0 Å². The van der Waals surface area contributed by atoms with E-state index in [2.05, 4.69) is 0 Å². The minimum Gasteiger partial charge on any atom is -0.480 e. The normalized spacial score (nSPS) is 11.2. The zero-order chi connectivity index (χ0) is 14.8. The van der Waals surface area contributed by atoms with E-state index in [-0.39, 0.29) is 12.5 Å². The second-order valence-electron chi connectivity index (χ2n) is 5.77. The average Bonchev–Trinajstić information content (AvgIpc) is 2.26. The number of hydrogen-bond donors (Lipinski definition) is 1. The Morgan fingerprint density at radius 1 is 1.21 bits per heavy atom. The summed E-state index contributed by atoms with van der Waals surface area (Å²) in [5.41, 5.74) is 1.87. The molecule has 1 amide bonds. The SMILES string of the molecule is Cc1ccc(C)c(C(=O)N(CC(=O)O)C(C)(C)C)c1. The van der Waals surface area contributed by atoms with Gasteiger partial charge in [0.2, 0.25) is 0 Å². The molecule has 1 rings (SSSR count). The van der Waals surface area contributed by atoms with Crippen molar-refractivity contribution in [1.29, 1.82) is 0 Å². The Balaban J connectivity index is 3.19. The predicted molar refractivity (Wildman–Crippen MR) is 74.3 cm³/mol. The Bertz CT molecular complexity index is 501. The molecule has 1 aromatic carbocycles. The van der Waals surface area contributed by atoms with E-state index in [1.807, 2.05) is 46.8 Å². The monoisotopic (exact) mass is 263 g/mol. The number of carbonyl (C=O) groups is 2. The maximum Gasteiger partial charge on any atom is 0.323 e. The minimum absolute atomic E-state index is 0.240. The fourth-order valence-corrected chi connectivity index (χ4v) is 1.86. The molecule has 4 nitrogen and oxygen atoms in total. The number of nitrogens with zero attached hydrogens (tertiary/aromatic N) is 1. The summed E-state index contributed by atoms with van der Waals surface area (Å²) in [4.78, 5) is 24.9. The molecule has 0 spiro atoms. The Hall–Kier alpha value is -1.84. The van der Waals surface area contributed by atoms with Crippen LogP contribution in [-0.2, 0) is 4.79 Å². The van der Waals surface area contributed by atoms with Crippen LogP contribution in [0.4, 0.5) is 0 Å². The zero-order valence-corrected chi connectivity index (χ0v) is 12.2. The number of aryl methyl sites for hydroxylation is 2. The predicted octanol–water partition coefficient (Wildman–Crippen LogP) is 2.63. The second kappa shape index (κ2) is 5.43. The number of hydrogen-bond acceptors (Lipinski definition) is 2. The van der Waals surface area contributed by atoms with Crippen LogP contribution in [-0.4, -0.2) is 34.0 Å². The fraction of sp³-hybridized carbons (Fsp3) is 0.467. The molecule has 1 aromatic rings. The Kier molecular flexibility index (Phi) is 4.35. The first-order valence-electron chi connectivity index (χ1n) is 6.24. The van der Waals surface area contributed by atoms with Crippen molar-refractivity contribution in [3.05, 3.63) is 34.9 Å². The van der Waals surface area contributed by atoms with E-state index in [1.54, 1.807) is 6.07 Å². The molecular formula is C15H21NO3. The average molecular weight is 263 g/mol. The van der Waals surface area contributed by atoms with Gasteiger partial charge < -0.3 is 10.0 Å². The Morgan fingerprint density at radius 2 is 1.79 bits per heavy atom. The molecule has 4 heteroatoms. The van der Waals surface area contributed by atoms with Crippen molar-refractivity contribution in [2.75, 3.05) is 6.54 Å². The number of amides is 1. The van der Waals surface area contributed by atoms with E-state index in [0.29, 0.717) is 5.56 Å². The summed E-state index contributed by atoms with van der Waals surface area (Å²) in [6.45, 7) is 8.97. The van der Waals surface area contributed by atoms with Crippen molar-refractivity contribution >= 4 is 11.9 Å². The molecule has 104 valence electrons. The number of carbonyl (C=O) groups excluding carboxylic acids is 1. The Labute approximate surface area is 114 Å². The van der Waals surface area contributed by atoms with Crippen molar-refractivity contribution in [2.24, 2.45) is 0 Å². The van der Waals surface area contributed by atoms with E-state index < -0.39 is 11.5 Å². The molecule has 0 aromatic heterocycles. The van der Waals surface area contributed by atoms with Gasteiger partial charge in [0.15, 0.2) is 0 Å². The van der Waals surface area contributed by atoms with Gasteiger partial charge in [0, 0.05) is 11.1 Å². The van der Waals surface area contributed by atoms with Crippen molar-refractivity contribution < 1.29 is 14.7 Å². The molecule has 1 N–H and O–H groups in total. The number of benzene rings is 1. The summed E-state index contributed by atoms with van der Waals surface area (Å²) < 4.78 is 0. The topological polar surface area (TPSA) is 57.6 Å². The Morgan fingerprint density at radius 3 is 2.26 bits per heavy atom. The number of carboxylic acids is 1.